The van der Waals surface area contributed by atoms with Crippen LogP contribution in [0.25, 0.3) is 11.5 Å². The number of carbonyl (C=O) groups excluding carboxylic acids is 3. The maximum Gasteiger partial charge on any atom is 0.258 e. The first kappa shape index (κ1) is 23.6. The molecular formula is C22H24N4O4S2. The van der Waals surface area contributed by atoms with Crippen molar-refractivity contribution in [2.24, 2.45) is 0 Å². The van der Waals surface area contributed by atoms with Gasteiger partial charge in [-0.25, -0.2) is 4.98 Å². The first-order valence-corrected chi connectivity index (χ1v) is 11.8. The molecule has 8 nitrogen and oxygen atoms in total. The number of rotatable bonds is 9. The van der Waals surface area contributed by atoms with Crippen LogP contribution in [-0.2, 0) is 16.1 Å². The summed E-state index contributed by atoms with van der Waals surface area (Å²) in [6, 6.07) is 10.7. The van der Waals surface area contributed by atoms with E-state index in [4.69, 9.17) is 4.42 Å². The number of thiazole rings is 1. The predicted octanol–water partition coefficient (Wildman–Crippen LogP) is 3.91. The van der Waals surface area contributed by atoms with Crippen LogP contribution in [-0.4, -0.2) is 34.5 Å². The molecule has 0 saturated heterocycles. The number of thioether (sulfide) groups is 1. The number of amides is 3. The average Bonchev–Trinajstić information content (AvgIpc) is 3.40. The lowest BCUT2D eigenvalue weighted by atomic mass is 10.2. The summed E-state index contributed by atoms with van der Waals surface area (Å²) < 4.78 is 5.70. The molecule has 0 atom stereocenters. The van der Waals surface area contributed by atoms with E-state index >= 15 is 0 Å². The van der Waals surface area contributed by atoms with Crippen LogP contribution in [0.2, 0.25) is 0 Å². The molecule has 2 aromatic heterocycles. The second kappa shape index (κ2) is 11.0. The number of nitrogens with one attached hydrogen (secondary N) is 3. The number of nitrogens with zero attached hydrogens (tertiary/aromatic N) is 1. The Kier molecular flexibility index (Phi) is 8.07. The van der Waals surface area contributed by atoms with Gasteiger partial charge in [0.05, 0.1) is 17.9 Å². The molecule has 2 heterocycles. The lowest BCUT2D eigenvalue weighted by Crippen LogP contribution is -2.31. The van der Waals surface area contributed by atoms with Gasteiger partial charge in [-0.2, -0.15) is 0 Å². The van der Waals surface area contributed by atoms with Crippen molar-refractivity contribution >= 4 is 46.0 Å². The molecule has 0 spiro atoms. The Morgan fingerprint density at radius 1 is 1.16 bits per heavy atom. The fraction of sp³-hybridized carbons (Fsp3) is 0.273. The number of benzene rings is 1. The Labute approximate surface area is 194 Å². The van der Waals surface area contributed by atoms with E-state index in [0.717, 1.165) is 0 Å². The van der Waals surface area contributed by atoms with Gasteiger partial charge in [-0.3, -0.25) is 19.7 Å². The minimum absolute atomic E-state index is 0.0661. The SMILES string of the molecule is CC(=O)NCc1ccc(-c2csc(NC(=O)c3ccccc3SCC(=O)NC(C)C)n2)o1. The highest BCUT2D eigenvalue weighted by atomic mass is 32.2. The van der Waals surface area contributed by atoms with E-state index in [9.17, 15) is 14.4 Å². The number of aromatic nitrogens is 1. The van der Waals surface area contributed by atoms with E-state index in [2.05, 4.69) is 20.9 Å². The molecule has 0 aliphatic rings. The van der Waals surface area contributed by atoms with Gasteiger partial charge in [0.1, 0.15) is 11.5 Å². The molecule has 0 radical (unpaired) electrons. The van der Waals surface area contributed by atoms with Crippen LogP contribution >= 0.6 is 23.1 Å². The van der Waals surface area contributed by atoms with Gasteiger partial charge in [0.15, 0.2) is 10.9 Å². The Bertz CT molecular complexity index is 1110. The van der Waals surface area contributed by atoms with Crippen LogP contribution in [0.15, 0.2) is 51.1 Å². The summed E-state index contributed by atoms with van der Waals surface area (Å²) in [6.45, 7) is 5.54. The van der Waals surface area contributed by atoms with Crippen molar-refractivity contribution in [1.82, 2.24) is 15.6 Å². The summed E-state index contributed by atoms with van der Waals surface area (Å²) in [7, 11) is 0. The zero-order valence-electron chi connectivity index (χ0n) is 17.9. The van der Waals surface area contributed by atoms with Gasteiger partial charge in [0.25, 0.3) is 5.91 Å². The highest BCUT2D eigenvalue weighted by Crippen LogP contribution is 2.28. The van der Waals surface area contributed by atoms with E-state index in [0.29, 0.717) is 39.3 Å². The molecule has 0 fully saturated rings. The second-order valence-electron chi connectivity index (χ2n) is 7.17. The summed E-state index contributed by atoms with van der Waals surface area (Å²) in [5, 5.41) is 10.5. The standard InChI is InChI=1S/C22H24N4O4S2/c1-13(2)24-20(28)12-31-19-7-5-4-6-16(19)21(29)26-22-25-17(11-32-22)18-9-8-15(30-18)10-23-14(3)27/h4-9,11,13H,10,12H2,1-3H3,(H,23,27)(H,24,28)(H,25,26,29). The lowest BCUT2D eigenvalue weighted by molar-refractivity contribution is -0.120. The highest BCUT2D eigenvalue weighted by molar-refractivity contribution is 8.00. The summed E-state index contributed by atoms with van der Waals surface area (Å²) >= 11 is 2.59. The van der Waals surface area contributed by atoms with Crippen LogP contribution in [0.5, 0.6) is 0 Å². The molecule has 3 aromatic rings. The van der Waals surface area contributed by atoms with Crippen molar-refractivity contribution in [3.63, 3.8) is 0 Å². The van der Waals surface area contributed by atoms with Crippen molar-refractivity contribution < 1.29 is 18.8 Å². The molecular weight excluding hydrogens is 448 g/mol. The van der Waals surface area contributed by atoms with Gasteiger partial charge < -0.3 is 15.1 Å². The fourth-order valence-corrected chi connectivity index (χ4v) is 4.27. The Balaban J connectivity index is 1.64. The van der Waals surface area contributed by atoms with Gasteiger partial charge in [-0.05, 0) is 38.1 Å². The summed E-state index contributed by atoms with van der Waals surface area (Å²) in [5.41, 5.74) is 1.06. The monoisotopic (exact) mass is 472 g/mol. The maximum absolute atomic E-state index is 12.8. The van der Waals surface area contributed by atoms with E-state index in [1.165, 1.54) is 30.0 Å². The molecule has 3 N–H and O–H groups in total. The lowest BCUT2D eigenvalue weighted by Gasteiger charge is -2.10. The van der Waals surface area contributed by atoms with Gasteiger partial charge in [-0.1, -0.05) is 12.1 Å². The van der Waals surface area contributed by atoms with Crippen molar-refractivity contribution in [3.8, 4) is 11.5 Å². The normalized spacial score (nSPS) is 10.8. The van der Waals surface area contributed by atoms with E-state index in [1.54, 1.807) is 29.6 Å². The summed E-state index contributed by atoms with van der Waals surface area (Å²) in [4.78, 5) is 41.0. The van der Waals surface area contributed by atoms with Crippen molar-refractivity contribution in [1.29, 1.82) is 0 Å². The predicted molar refractivity (Wildman–Crippen MR) is 126 cm³/mol. The van der Waals surface area contributed by atoms with Gasteiger partial charge in [0.2, 0.25) is 11.8 Å². The van der Waals surface area contributed by atoms with Crippen molar-refractivity contribution in [3.05, 3.63) is 53.1 Å². The van der Waals surface area contributed by atoms with E-state index in [-0.39, 0.29) is 29.5 Å². The molecule has 3 amide bonds. The molecule has 0 aliphatic carbocycles. The first-order valence-electron chi connectivity index (χ1n) is 9.93. The minimum Gasteiger partial charge on any atom is -0.458 e. The van der Waals surface area contributed by atoms with Gasteiger partial charge >= 0.3 is 0 Å². The van der Waals surface area contributed by atoms with Crippen molar-refractivity contribution in [2.75, 3.05) is 11.1 Å². The fourth-order valence-electron chi connectivity index (χ4n) is 2.72. The number of carbonyl (C=O) groups is 3. The van der Waals surface area contributed by atoms with Crippen LogP contribution in [0.1, 0.15) is 36.9 Å². The number of hydrogen-bond acceptors (Lipinski definition) is 7. The van der Waals surface area contributed by atoms with Gasteiger partial charge in [0, 0.05) is 23.2 Å². The molecule has 32 heavy (non-hydrogen) atoms. The Morgan fingerprint density at radius 3 is 2.69 bits per heavy atom. The number of hydrogen-bond donors (Lipinski definition) is 3. The summed E-state index contributed by atoms with van der Waals surface area (Å²) in [6.07, 6.45) is 0. The molecule has 1 aromatic carbocycles. The molecule has 3 rings (SSSR count). The summed E-state index contributed by atoms with van der Waals surface area (Å²) in [5.74, 6) is 0.865. The van der Waals surface area contributed by atoms with Crippen LogP contribution in [0.3, 0.4) is 0 Å². The number of anilines is 1. The topological polar surface area (TPSA) is 113 Å². The van der Waals surface area contributed by atoms with Crippen molar-refractivity contribution in [2.45, 2.75) is 38.3 Å². The quantitative estimate of drug-likeness (QED) is 0.407. The van der Waals surface area contributed by atoms with Crippen LogP contribution < -0.4 is 16.0 Å². The molecule has 10 heteroatoms. The second-order valence-corrected chi connectivity index (χ2v) is 9.05. The largest absolute Gasteiger partial charge is 0.458 e. The third kappa shape index (κ3) is 6.69. The molecule has 0 unspecified atom stereocenters. The highest BCUT2D eigenvalue weighted by Gasteiger charge is 2.16. The van der Waals surface area contributed by atoms with Gasteiger partial charge in [-0.15, -0.1) is 23.1 Å². The van der Waals surface area contributed by atoms with Crippen LogP contribution in [0.4, 0.5) is 5.13 Å². The zero-order valence-corrected chi connectivity index (χ0v) is 19.6. The number of furan rings is 1. The maximum atomic E-state index is 12.8. The van der Waals surface area contributed by atoms with Crippen LogP contribution in [0, 0.1) is 0 Å². The smallest absolute Gasteiger partial charge is 0.258 e. The molecule has 168 valence electrons. The van der Waals surface area contributed by atoms with E-state index in [1.807, 2.05) is 26.0 Å². The molecule has 0 aliphatic heterocycles. The molecule has 0 bridgehead atoms. The average molecular weight is 473 g/mol. The minimum atomic E-state index is -0.302. The third-order valence-corrected chi connectivity index (χ3v) is 5.92. The van der Waals surface area contributed by atoms with E-state index < -0.39 is 0 Å². The first-order chi connectivity index (χ1) is 15.3. The zero-order chi connectivity index (χ0) is 23.1. The Morgan fingerprint density at radius 2 is 1.94 bits per heavy atom. The third-order valence-electron chi connectivity index (χ3n) is 4.09. The Hall–Kier alpha value is -3.11. The molecule has 0 saturated carbocycles.